The zero-order valence-electron chi connectivity index (χ0n) is 12.2. The molecule has 1 fully saturated rings. The first kappa shape index (κ1) is 14.2. The maximum atomic E-state index is 9.48. The Kier molecular flexibility index (Phi) is 4.35. The van der Waals surface area contributed by atoms with Gasteiger partial charge in [0.1, 0.15) is 5.75 Å². The van der Waals surface area contributed by atoms with E-state index in [1.54, 1.807) is 0 Å². The third-order valence-electron chi connectivity index (χ3n) is 4.18. The smallest absolute Gasteiger partial charge is 0.142 e. The fraction of sp³-hybridized carbons (Fsp3) is 0.625. The Bertz CT molecular complexity index is 417. The second kappa shape index (κ2) is 5.83. The molecule has 0 amide bonds. The highest BCUT2D eigenvalue weighted by atomic mass is 16.5. The summed E-state index contributed by atoms with van der Waals surface area (Å²) < 4.78 is 5.72. The molecule has 1 aromatic rings. The van der Waals surface area contributed by atoms with Crippen molar-refractivity contribution in [3.05, 3.63) is 24.3 Å². The summed E-state index contributed by atoms with van der Waals surface area (Å²) in [5.74, 6) is 1.35. The fourth-order valence-corrected chi connectivity index (χ4v) is 2.94. The minimum absolute atomic E-state index is 0.131. The molecular weight excluding hydrogens is 238 g/mol. The highest BCUT2D eigenvalue weighted by molar-refractivity contribution is 5.58. The predicted octanol–water partition coefficient (Wildman–Crippen LogP) is 2.93. The van der Waals surface area contributed by atoms with Gasteiger partial charge in [0.05, 0.1) is 12.3 Å². The molecule has 1 heterocycles. The number of benzene rings is 1. The molecule has 0 aliphatic carbocycles. The highest BCUT2D eigenvalue weighted by Gasteiger charge is 2.36. The third-order valence-corrected chi connectivity index (χ3v) is 4.18. The van der Waals surface area contributed by atoms with E-state index >= 15 is 0 Å². The number of aliphatic hydroxyl groups excluding tert-OH is 1. The van der Waals surface area contributed by atoms with E-state index in [4.69, 9.17) is 4.74 Å². The van der Waals surface area contributed by atoms with Gasteiger partial charge < -0.3 is 14.7 Å². The maximum absolute atomic E-state index is 9.48. The molecule has 0 aromatic heterocycles. The van der Waals surface area contributed by atoms with E-state index in [1.165, 1.54) is 5.69 Å². The molecule has 1 aliphatic heterocycles. The van der Waals surface area contributed by atoms with Crippen LogP contribution in [-0.4, -0.2) is 31.4 Å². The van der Waals surface area contributed by atoms with Gasteiger partial charge in [0.15, 0.2) is 0 Å². The number of rotatable bonds is 4. The van der Waals surface area contributed by atoms with E-state index in [2.05, 4.69) is 30.9 Å². The molecule has 3 heteroatoms. The lowest BCUT2D eigenvalue weighted by molar-refractivity contribution is 0.0970. The second-order valence-electron chi connectivity index (χ2n) is 5.98. The van der Waals surface area contributed by atoms with Crippen LogP contribution in [0.4, 0.5) is 5.69 Å². The van der Waals surface area contributed by atoms with Crippen molar-refractivity contribution in [1.82, 2.24) is 0 Å². The van der Waals surface area contributed by atoms with Gasteiger partial charge in [0, 0.05) is 19.7 Å². The molecule has 0 radical (unpaired) electrons. The van der Waals surface area contributed by atoms with Crippen molar-refractivity contribution < 1.29 is 9.84 Å². The summed E-state index contributed by atoms with van der Waals surface area (Å²) in [6.07, 6.45) is 1.03. The summed E-state index contributed by atoms with van der Waals surface area (Å²) in [6, 6.07) is 8.23. The lowest BCUT2D eigenvalue weighted by Gasteiger charge is -2.45. The van der Waals surface area contributed by atoms with E-state index in [1.807, 2.05) is 19.1 Å². The van der Waals surface area contributed by atoms with E-state index < -0.39 is 0 Å². The first-order valence-electron chi connectivity index (χ1n) is 7.16. The topological polar surface area (TPSA) is 32.7 Å². The van der Waals surface area contributed by atoms with Gasteiger partial charge in [-0.3, -0.25) is 0 Å². The van der Waals surface area contributed by atoms with Gasteiger partial charge >= 0.3 is 0 Å². The Balaban J connectivity index is 2.19. The summed E-state index contributed by atoms with van der Waals surface area (Å²) in [5.41, 5.74) is 1.31. The van der Waals surface area contributed by atoms with E-state index in [0.29, 0.717) is 12.5 Å². The van der Waals surface area contributed by atoms with Crippen LogP contribution in [0.25, 0.3) is 0 Å². The number of para-hydroxylation sites is 2. The van der Waals surface area contributed by atoms with Crippen LogP contribution in [0.3, 0.4) is 0 Å². The van der Waals surface area contributed by atoms with Crippen LogP contribution in [-0.2, 0) is 0 Å². The standard InChI is InChI=1S/C16H25NO2/c1-4-19-15-8-6-5-7-14(15)17-10-9-13(11-18)16(2,3)12-17/h5-8,13,18H,4,9-12H2,1-3H3. The zero-order valence-corrected chi connectivity index (χ0v) is 12.2. The highest BCUT2D eigenvalue weighted by Crippen LogP contribution is 2.39. The molecule has 0 spiro atoms. The van der Waals surface area contributed by atoms with E-state index in [-0.39, 0.29) is 12.0 Å². The van der Waals surface area contributed by atoms with Crippen molar-refractivity contribution in [3.63, 3.8) is 0 Å². The summed E-state index contributed by atoms with van der Waals surface area (Å²) in [6.45, 7) is 9.41. The number of nitrogens with zero attached hydrogens (tertiary/aromatic N) is 1. The molecule has 1 unspecified atom stereocenters. The van der Waals surface area contributed by atoms with Crippen LogP contribution in [0.15, 0.2) is 24.3 Å². The van der Waals surface area contributed by atoms with Crippen molar-refractivity contribution in [2.75, 3.05) is 31.2 Å². The summed E-state index contributed by atoms with van der Waals surface area (Å²) >= 11 is 0. The van der Waals surface area contributed by atoms with Crippen LogP contribution in [0.5, 0.6) is 5.75 Å². The Hall–Kier alpha value is -1.22. The monoisotopic (exact) mass is 263 g/mol. The Morgan fingerprint density at radius 3 is 2.74 bits per heavy atom. The van der Waals surface area contributed by atoms with E-state index in [9.17, 15) is 5.11 Å². The lowest BCUT2D eigenvalue weighted by atomic mass is 9.74. The molecule has 1 saturated heterocycles. The minimum atomic E-state index is 0.131. The van der Waals surface area contributed by atoms with Gasteiger partial charge in [-0.1, -0.05) is 26.0 Å². The maximum Gasteiger partial charge on any atom is 0.142 e. The Morgan fingerprint density at radius 1 is 1.37 bits per heavy atom. The molecule has 106 valence electrons. The van der Waals surface area contributed by atoms with E-state index in [0.717, 1.165) is 25.3 Å². The number of piperidine rings is 1. The second-order valence-corrected chi connectivity index (χ2v) is 5.98. The quantitative estimate of drug-likeness (QED) is 0.906. The Labute approximate surface area is 116 Å². The van der Waals surface area contributed by atoms with Crippen molar-refractivity contribution in [2.45, 2.75) is 27.2 Å². The van der Waals surface area contributed by atoms with Gasteiger partial charge in [-0.2, -0.15) is 0 Å². The van der Waals surface area contributed by atoms with Crippen molar-refractivity contribution in [1.29, 1.82) is 0 Å². The summed E-state index contributed by atoms with van der Waals surface area (Å²) in [7, 11) is 0. The van der Waals surface area contributed by atoms with Crippen molar-refractivity contribution in [2.24, 2.45) is 11.3 Å². The minimum Gasteiger partial charge on any atom is -0.492 e. The SMILES string of the molecule is CCOc1ccccc1N1CCC(CO)C(C)(C)C1. The number of aliphatic hydroxyl groups is 1. The summed E-state index contributed by atoms with van der Waals surface area (Å²) in [5, 5.41) is 9.48. The first-order valence-corrected chi connectivity index (χ1v) is 7.16. The molecule has 1 atom stereocenters. The van der Waals surface area contributed by atoms with Crippen LogP contribution < -0.4 is 9.64 Å². The average Bonchev–Trinajstić information content (AvgIpc) is 2.38. The molecule has 1 N–H and O–H groups in total. The lowest BCUT2D eigenvalue weighted by Crippen LogP contribution is -2.47. The average molecular weight is 263 g/mol. The molecule has 0 saturated carbocycles. The van der Waals surface area contributed by atoms with Gasteiger partial charge in [-0.25, -0.2) is 0 Å². The largest absolute Gasteiger partial charge is 0.492 e. The fourth-order valence-electron chi connectivity index (χ4n) is 2.94. The van der Waals surface area contributed by atoms with Gasteiger partial charge in [0.25, 0.3) is 0 Å². The molecule has 1 aliphatic rings. The van der Waals surface area contributed by atoms with Gasteiger partial charge in [-0.15, -0.1) is 0 Å². The van der Waals surface area contributed by atoms with Crippen LogP contribution in [0.1, 0.15) is 27.2 Å². The molecule has 19 heavy (non-hydrogen) atoms. The number of hydrogen-bond acceptors (Lipinski definition) is 3. The van der Waals surface area contributed by atoms with Crippen molar-refractivity contribution >= 4 is 5.69 Å². The van der Waals surface area contributed by atoms with Gasteiger partial charge in [-0.05, 0) is 36.8 Å². The molecule has 2 rings (SSSR count). The molecule has 3 nitrogen and oxygen atoms in total. The van der Waals surface area contributed by atoms with Gasteiger partial charge in [0.2, 0.25) is 0 Å². The summed E-state index contributed by atoms with van der Waals surface area (Å²) in [4.78, 5) is 2.39. The molecular formula is C16H25NO2. The molecule has 0 bridgehead atoms. The van der Waals surface area contributed by atoms with Crippen molar-refractivity contribution in [3.8, 4) is 5.75 Å². The van der Waals surface area contributed by atoms with Crippen LogP contribution in [0.2, 0.25) is 0 Å². The number of anilines is 1. The zero-order chi connectivity index (χ0) is 13.9. The Morgan fingerprint density at radius 2 is 2.11 bits per heavy atom. The van der Waals surface area contributed by atoms with Crippen LogP contribution in [0, 0.1) is 11.3 Å². The normalized spacial score (nSPS) is 22.3. The molecule has 1 aromatic carbocycles. The third kappa shape index (κ3) is 3.03. The number of hydrogen-bond donors (Lipinski definition) is 1. The predicted molar refractivity (Wildman–Crippen MR) is 78.8 cm³/mol. The number of ether oxygens (including phenoxy) is 1. The first-order chi connectivity index (χ1) is 9.08. The van der Waals surface area contributed by atoms with Crippen LogP contribution >= 0.6 is 0 Å².